The predicted molar refractivity (Wildman–Crippen MR) is 184 cm³/mol. The number of hydrogen-bond donors (Lipinski definition) is 10. The van der Waals surface area contributed by atoms with E-state index in [1.54, 1.807) is 0 Å². The third-order valence-electron chi connectivity index (χ3n) is 7.31. The molecule has 0 radical (unpaired) electrons. The standard InChI is InChI=1S/C25H40N7O19P3S/c1-25(2,20(38)23(39)28-6-5-14(33)27-7-8-55-16(36)4-3-15(34)35)10-48-54(45,46)51-53(43,44)47-9-13-19(50-52(40,41)42)18(37)24(49-13)32-12-31-17-21(26)29-11-30-22(17)32/h11-13,18-20,24,37-38H,3-10H2,1-2H3,(H,27,33)(H,28,39)(H,34,35)(H,43,44)(H,45,46)(H2,26,29,30)(H2,40,41,42)/t13-,18-,19+,20?,24-/m1/s1. The highest BCUT2D eigenvalue weighted by Crippen LogP contribution is 2.61. The lowest BCUT2D eigenvalue weighted by Crippen LogP contribution is -2.46. The normalized spacial score (nSPS) is 21.7. The van der Waals surface area contributed by atoms with Gasteiger partial charge in [0.1, 0.15) is 36.3 Å². The molecule has 2 aromatic rings. The van der Waals surface area contributed by atoms with Crippen LogP contribution in [0.15, 0.2) is 12.7 Å². The number of aliphatic carboxylic acids is 1. The lowest BCUT2D eigenvalue weighted by atomic mass is 9.87. The minimum absolute atomic E-state index is 0.0197. The van der Waals surface area contributed by atoms with Crippen molar-refractivity contribution in [2.75, 3.05) is 37.8 Å². The first-order chi connectivity index (χ1) is 25.4. The molecule has 2 aromatic heterocycles. The van der Waals surface area contributed by atoms with Gasteiger partial charge in [0.05, 0.1) is 26.0 Å². The van der Waals surface area contributed by atoms with Crippen LogP contribution in [0.25, 0.3) is 11.2 Å². The minimum Gasteiger partial charge on any atom is -0.481 e. The zero-order valence-electron chi connectivity index (χ0n) is 28.8. The Hall–Kier alpha value is -2.97. The topological polar surface area (TPSA) is 401 Å². The summed E-state index contributed by atoms with van der Waals surface area (Å²) in [7, 11) is -16.4. The fourth-order valence-electron chi connectivity index (χ4n) is 4.58. The van der Waals surface area contributed by atoms with E-state index in [1.807, 2.05) is 0 Å². The number of aromatic nitrogens is 4. The fourth-order valence-corrected chi connectivity index (χ4v) is 8.08. The second kappa shape index (κ2) is 19.5. The summed E-state index contributed by atoms with van der Waals surface area (Å²) in [5.41, 5.74) is 4.20. The number of thioether (sulfide) groups is 1. The van der Waals surface area contributed by atoms with E-state index in [0.29, 0.717) is 0 Å². The number of nitrogens with two attached hydrogens (primary N) is 1. The first kappa shape index (κ1) is 46.4. The van der Waals surface area contributed by atoms with Gasteiger partial charge in [0.15, 0.2) is 22.8 Å². The molecule has 1 aliphatic rings. The molecule has 30 heteroatoms. The number of carboxylic acids is 1. The summed E-state index contributed by atoms with van der Waals surface area (Å²) in [5.74, 6) is -2.51. The van der Waals surface area contributed by atoms with Crippen molar-refractivity contribution in [3.63, 3.8) is 0 Å². The van der Waals surface area contributed by atoms with E-state index in [9.17, 15) is 62.7 Å². The number of nitrogen functional groups attached to an aromatic ring is 1. The number of nitrogens with one attached hydrogen (secondary N) is 2. The van der Waals surface area contributed by atoms with Crippen LogP contribution in [-0.2, 0) is 55.5 Å². The molecule has 3 unspecified atom stereocenters. The highest BCUT2D eigenvalue weighted by molar-refractivity contribution is 8.13. The third-order valence-corrected chi connectivity index (χ3v) is 11.3. The highest BCUT2D eigenvalue weighted by atomic mass is 32.2. The quantitative estimate of drug-likeness (QED) is 0.0477. The highest BCUT2D eigenvalue weighted by Gasteiger charge is 2.50. The summed E-state index contributed by atoms with van der Waals surface area (Å²) in [4.78, 5) is 97.3. The van der Waals surface area contributed by atoms with Gasteiger partial charge in [-0.3, -0.25) is 37.3 Å². The number of amides is 2. The van der Waals surface area contributed by atoms with Crippen molar-refractivity contribution in [1.29, 1.82) is 0 Å². The molecule has 0 spiro atoms. The summed E-state index contributed by atoms with van der Waals surface area (Å²) >= 11 is 0.849. The first-order valence-electron chi connectivity index (χ1n) is 15.7. The van der Waals surface area contributed by atoms with Gasteiger partial charge in [-0.15, -0.1) is 0 Å². The lowest BCUT2D eigenvalue weighted by molar-refractivity contribution is -0.138. The minimum atomic E-state index is -5.59. The Morgan fingerprint density at radius 2 is 1.69 bits per heavy atom. The number of fused-ring (bicyclic) bond motifs is 1. The molecule has 7 atom stereocenters. The number of imidazole rings is 1. The average molecular weight is 868 g/mol. The Kier molecular flexibility index (Phi) is 16.4. The number of aliphatic hydroxyl groups is 2. The molecule has 0 bridgehead atoms. The van der Waals surface area contributed by atoms with Gasteiger partial charge >= 0.3 is 29.4 Å². The zero-order valence-corrected chi connectivity index (χ0v) is 32.3. The molecule has 1 aliphatic heterocycles. The van der Waals surface area contributed by atoms with Crippen molar-refractivity contribution in [3.05, 3.63) is 12.7 Å². The first-order valence-corrected chi connectivity index (χ1v) is 21.2. The van der Waals surface area contributed by atoms with Gasteiger partial charge in [-0.25, -0.2) is 28.6 Å². The number of carbonyl (C=O) groups excluding carboxylic acids is 3. The van der Waals surface area contributed by atoms with Crippen LogP contribution >= 0.6 is 35.2 Å². The molecule has 3 rings (SSSR count). The number of rotatable bonds is 22. The van der Waals surface area contributed by atoms with Crippen LogP contribution in [0.3, 0.4) is 0 Å². The molecular weight excluding hydrogens is 827 g/mol. The Labute approximate surface area is 314 Å². The summed E-state index contributed by atoms with van der Waals surface area (Å²) in [6.07, 6.45) is -7.55. The van der Waals surface area contributed by atoms with Crippen LogP contribution in [0, 0.1) is 5.41 Å². The van der Waals surface area contributed by atoms with E-state index >= 15 is 0 Å². The van der Waals surface area contributed by atoms with Crippen molar-refractivity contribution >= 4 is 75.1 Å². The van der Waals surface area contributed by atoms with Crippen LogP contribution in [0.2, 0.25) is 0 Å². The number of carboxylic acid groups (broad SMARTS) is 1. The molecule has 1 fully saturated rings. The summed E-state index contributed by atoms with van der Waals surface area (Å²) in [6.45, 7) is 0.213. The van der Waals surface area contributed by atoms with E-state index in [0.717, 1.165) is 29.0 Å². The predicted octanol–water partition coefficient (Wildman–Crippen LogP) is -1.47. The van der Waals surface area contributed by atoms with Crippen molar-refractivity contribution < 1.29 is 90.4 Å². The maximum Gasteiger partial charge on any atom is 0.481 e. The van der Waals surface area contributed by atoms with Crippen molar-refractivity contribution in [2.24, 2.45) is 5.41 Å². The number of nitrogens with zero attached hydrogens (tertiary/aromatic N) is 4. The number of ether oxygens (including phenoxy) is 1. The van der Waals surface area contributed by atoms with Gasteiger partial charge in [0.2, 0.25) is 11.8 Å². The number of phosphoric acid groups is 3. The van der Waals surface area contributed by atoms with Gasteiger partial charge in [-0.05, 0) is 0 Å². The smallest absolute Gasteiger partial charge is 0.481 e. The number of carbonyl (C=O) groups is 4. The van der Waals surface area contributed by atoms with Crippen molar-refractivity contribution in [1.82, 2.24) is 30.2 Å². The van der Waals surface area contributed by atoms with Gasteiger partial charge in [0.25, 0.3) is 0 Å². The Morgan fingerprint density at radius 1 is 1.02 bits per heavy atom. The van der Waals surface area contributed by atoms with Crippen molar-refractivity contribution in [3.8, 4) is 0 Å². The van der Waals surface area contributed by atoms with Gasteiger partial charge in [-0.2, -0.15) is 4.31 Å². The molecule has 0 aromatic carbocycles. The number of aliphatic hydroxyl groups excluding tert-OH is 2. The summed E-state index contributed by atoms with van der Waals surface area (Å²) in [6, 6.07) is 0. The van der Waals surface area contributed by atoms with Crippen LogP contribution in [0.5, 0.6) is 0 Å². The molecule has 310 valence electrons. The van der Waals surface area contributed by atoms with E-state index in [-0.39, 0.29) is 60.2 Å². The van der Waals surface area contributed by atoms with E-state index in [2.05, 4.69) is 34.4 Å². The Balaban J connectivity index is 1.49. The Morgan fingerprint density at radius 3 is 2.35 bits per heavy atom. The largest absolute Gasteiger partial charge is 0.481 e. The SMILES string of the molecule is CC(C)(COP(=O)(O)OP(=O)(O)OC[C@H]1O[C@@H](n2cnc3c(N)ncnc32)[C@H](O)[C@H]1OP(=O)(O)O)C(O)C(=O)NCCC(=O)NCCSC(=O)CCC(=O)O. The molecule has 2 amide bonds. The van der Waals surface area contributed by atoms with Gasteiger partial charge in [0, 0.05) is 37.1 Å². The van der Waals surface area contributed by atoms with Crippen LogP contribution in [0.1, 0.15) is 39.3 Å². The maximum absolute atomic E-state index is 12.6. The zero-order chi connectivity index (χ0) is 41.4. The molecule has 0 saturated carbocycles. The monoisotopic (exact) mass is 867 g/mol. The molecule has 11 N–H and O–H groups in total. The van der Waals surface area contributed by atoms with E-state index in [4.69, 9.17) is 24.6 Å². The second-order valence-electron chi connectivity index (χ2n) is 12.2. The number of hydrogen-bond acceptors (Lipinski definition) is 19. The van der Waals surface area contributed by atoms with E-state index in [1.165, 1.54) is 13.8 Å². The number of phosphoric ester groups is 3. The lowest BCUT2D eigenvalue weighted by Gasteiger charge is -2.30. The molecular formula is C25H40N7O19P3S. The van der Waals surface area contributed by atoms with Crippen LogP contribution in [0.4, 0.5) is 5.82 Å². The van der Waals surface area contributed by atoms with E-state index < -0.39 is 90.5 Å². The van der Waals surface area contributed by atoms with Gasteiger partial charge < -0.3 is 56.0 Å². The Bertz CT molecular complexity index is 1850. The average Bonchev–Trinajstić information content (AvgIpc) is 3.63. The van der Waals surface area contributed by atoms with Crippen molar-refractivity contribution in [2.45, 2.75) is 63.8 Å². The molecule has 1 saturated heterocycles. The summed E-state index contributed by atoms with van der Waals surface area (Å²) in [5, 5.41) is 34.4. The fraction of sp³-hybridized carbons (Fsp3) is 0.640. The number of anilines is 1. The molecule has 55 heavy (non-hydrogen) atoms. The second-order valence-corrected chi connectivity index (χ2v) is 17.6. The third kappa shape index (κ3) is 14.5. The van der Waals surface area contributed by atoms with Crippen LogP contribution in [-0.4, -0.2) is 134 Å². The maximum atomic E-state index is 12.6. The molecule has 0 aliphatic carbocycles. The van der Waals surface area contributed by atoms with Crippen LogP contribution < -0.4 is 16.4 Å². The molecule has 26 nitrogen and oxygen atoms in total. The van der Waals surface area contributed by atoms with Gasteiger partial charge in [-0.1, -0.05) is 25.6 Å². The summed E-state index contributed by atoms with van der Waals surface area (Å²) < 4.78 is 61.9. The molecule has 3 heterocycles.